The summed E-state index contributed by atoms with van der Waals surface area (Å²) in [4.78, 5) is 20.7. The lowest BCUT2D eigenvalue weighted by Crippen LogP contribution is -2.03. The monoisotopic (exact) mass is 406 g/mol. The Morgan fingerprint density at radius 2 is 1.72 bits per heavy atom. The second-order valence-corrected chi connectivity index (χ2v) is 7.02. The minimum Gasteiger partial charge on any atom is -0.496 e. The summed E-state index contributed by atoms with van der Waals surface area (Å²) in [5.74, 6) is 1.94. The first-order valence-electron chi connectivity index (χ1n) is 9.08. The van der Waals surface area contributed by atoms with E-state index in [1.165, 1.54) is 0 Å². The lowest BCUT2D eigenvalue weighted by Gasteiger charge is -2.10. The van der Waals surface area contributed by atoms with Crippen LogP contribution in [0.1, 0.15) is 15.9 Å². The van der Waals surface area contributed by atoms with Crippen LogP contribution in [0.25, 0.3) is 22.4 Å². The number of ketones is 1. The van der Waals surface area contributed by atoms with Gasteiger partial charge in [0.1, 0.15) is 22.9 Å². The molecule has 29 heavy (non-hydrogen) atoms. The van der Waals surface area contributed by atoms with Gasteiger partial charge in [-0.15, -0.1) is 0 Å². The average molecular weight is 407 g/mol. The highest BCUT2D eigenvalue weighted by Crippen LogP contribution is 2.37. The number of aromatic amines is 1. The molecule has 0 spiro atoms. The maximum absolute atomic E-state index is 12.7. The Balaban J connectivity index is 1.69. The lowest BCUT2D eigenvalue weighted by molar-refractivity contribution is 0.0993. The number of aromatic nitrogens is 2. The molecule has 0 radical (unpaired) electrons. The van der Waals surface area contributed by atoms with Gasteiger partial charge in [0.15, 0.2) is 5.78 Å². The number of rotatable bonds is 6. The molecule has 0 aliphatic carbocycles. The molecule has 0 unspecified atom stereocenters. The van der Waals surface area contributed by atoms with Crippen molar-refractivity contribution in [1.29, 1.82) is 0 Å². The summed E-state index contributed by atoms with van der Waals surface area (Å²) in [6.45, 7) is 0. The molecule has 0 atom stereocenters. The minimum absolute atomic E-state index is 0.0141. The third kappa shape index (κ3) is 3.82. The van der Waals surface area contributed by atoms with Crippen LogP contribution in [0.4, 0.5) is 0 Å². The van der Waals surface area contributed by atoms with Crippen molar-refractivity contribution in [3.63, 3.8) is 0 Å². The summed E-state index contributed by atoms with van der Waals surface area (Å²) in [7, 11) is 3.21. The summed E-state index contributed by atoms with van der Waals surface area (Å²) < 4.78 is 10.9. The number of H-pyrrole nitrogens is 1. The number of ether oxygens (including phenoxy) is 2. The first-order valence-corrected chi connectivity index (χ1v) is 9.45. The van der Waals surface area contributed by atoms with E-state index in [9.17, 15) is 4.79 Å². The quantitative estimate of drug-likeness (QED) is 0.440. The number of nitrogens with one attached hydrogen (secondary N) is 1. The van der Waals surface area contributed by atoms with Crippen LogP contribution in [-0.4, -0.2) is 30.0 Å². The number of hydrogen-bond donors (Lipinski definition) is 1. The summed E-state index contributed by atoms with van der Waals surface area (Å²) >= 11 is 6.02. The molecule has 4 rings (SSSR count). The van der Waals surface area contributed by atoms with E-state index in [0.717, 1.165) is 22.2 Å². The van der Waals surface area contributed by atoms with Crippen LogP contribution in [-0.2, 0) is 6.42 Å². The Morgan fingerprint density at radius 3 is 2.41 bits per heavy atom. The number of Topliss-reactive ketones (excluding diaryl/α,β-unsaturated/α-hetero) is 1. The molecule has 6 heteroatoms. The molecule has 0 saturated heterocycles. The van der Waals surface area contributed by atoms with Crippen molar-refractivity contribution in [2.24, 2.45) is 0 Å². The number of methoxy groups -OCH3 is 2. The third-order valence-electron chi connectivity index (χ3n) is 4.72. The van der Waals surface area contributed by atoms with Gasteiger partial charge in [0.2, 0.25) is 0 Å². The molecule has 1 heterocycles. The Kier molecular flexibility index (Phi) is 5.23. The first-order chi connectivity index (χ1) is 14.1. The number of benzene rings is 3. The molecule has 5 nitrogen and oxygen atoms in total. The Morgan fingerprint density at radius 1 is 1.00 bits per heavy atom. The number of carbonyl (C=O) groups is 1. The van der Waals surface area contributed by atoms with Crippen LogP contribution >= 0.6 is 11.6 Å². The SMILES string of the molecule is COc1cccc(OC)c1-c1nc2ccc(C(=O)Cc3cccc(Cl)c3)cc2[nH]1. The van der Waals surface area contributed by atoms with Gasteiger partial charge in [0.25, 0.3) is 0 Å². The van der Waals surface area contributed by atoms with Crippen molar-refractivity contribution < 1.29 is 14.3 Å². The molecule has 0 bridgehead atoms. The fourth-order valence-electron chi connectivity index (χ4n) is 3.32. The zero-order valence-corrected chi connectivity index (χ0v) is 16.8. The molecule has 3 aromatic carbocycles. The van der Waals surface area contributed by atoms with Crippen molar-refractivity contribution in [1.82, 2.24) is 9.97 Å². The van der Waals surface area contributed by atoms with E-state index < -0.39 is 0 Å². The van der Waals surface area contributed by atoms with E-state index in [4.69, 9.17) is 21.1 Å². The second kappa shape index (κ2) is 7.97. The van der Waals surface area contributed by atoms with Gasteiger partial charge in [-0.2, -0.15) is 0 Å². The zero-order chi connectivity index (χ0) is 20.4. The number of halogens is 1. The molecular weight excluding hydrogens is 388 g/mol. The Bertz CT molecular complexity index is 1180. The molecule has 0 aliphatic rings. The summed E-state index contributed by atoms with van der Waals surface area (Å²) in [5, 5.41) is 0.620. The molecule has 0 fully saturated rings. The first kappa shape index (κ1) is 19.0. The fourth-order valence-corrected chi connectivity index (χ4v) is 3.53. The number of fused-ring (bicyclic) bond motifs is 1. The second-order valence-electron chi connectivity index (χ2n) is 6.58. The number of nitrogens with zero attached hydrogens (tertiary/aromatic N) is 1. The predicted octanol–water partition coefficient (Wildman–Crippen LogP) is 5.33. The standard InChI is InChI=1S/C23H19ClN2O3/c1-28-20-7-4-8-21(29-2)22(20)23-25-17-10-9-15(13-18(17)26-23)19(27)12-14-5-3-6-16(24)11-14/h3-11,13H,12H2,1-2H3,(H,25,26). The molecule has 0 aliphatic heterocycles. The van der Waals surface area contributed by atoms with E-state index in [1.54, 1.807) is 32.4 Å². The maximum Gasteiger partial charge on any atom is 0.167 e. The molecule has 4 aromatic rings. The smallest absolute Gasteiger partial charge is 0.167 e. The molecule has 0 amide bonds. The Labute approximate surface area is 173 Å². The van der Waals surface area contributed by atoms with E-state index in [0.29, 0.717) is 27.9 Å². The van der Waals surface area contributed by atoms with Gasteiger partial charge in [0, 0.05) is 17.0 Å². The van der Waals surface area contributed by atoms with Crippen molar-refractivity contribution in [2.45, 2.75) is 6.42 Å². The fraction of sp³-hybridized carbons (Fsp3) is 0.130. The summed E-state index contributed by atoms with van der Waals surface area (Å²) in [5.41, 5.74) is 3.75. The molecule has 146 valence electrons. The van der Waals surface area contributed by atoms with E-state index >= 15 is 0 Å². The lowest BCUT2D eigenvalue weighted by atomic mass is 10.0. The zero-order valence-electron chi connectivity index (χ0n) is 16.0. The van der Waals surface area contributed by atoms with Crippen molar-refractivity contribution in [2.75, 3.05) is 14.2 Å². The van der Waals surface area contributed by atoms with Crippen LogP contribution in [0.3, 0.4) is 0 Å². The van der Waals surface area contributed by atoms with Gasteiger partial charge in [-0.25, -0.2) is 4.98 Å². The van der Waals surface area contributed by atoms with Crippen LogP contribution in [0, 0.1) is 0 Å². The van der Waals surface area contributed by atoms with E-state index in [2.05, 4.69) is 9.97 Å². The van der Waals surface area contributed by atoms with Crippen molar-refractivity contribution >= 4 is 28.4 Å². The van der Waals surface area contributed by atoms with Crippen LogP contribution in [0.2, 0.25) is 5.02 Å². The molecule has 0 saturated carbocycles. The van der Waals surface area contributed by atoms with E-state index in [-0.39, 0.29) is 12.2 Å². The number of imidazole rings is 1. The molecule has 1 aromatic heterocycles. The number of carbonyl (C=O) groups excluding carboxylic acids is 1. The summed E-state index contributed by atoms with van der Waals surface area (Å²) in [6.07, 6.45) is 0.285. The van der Waals surface area contributed by atoms with Crippen LogP contribution in [0.15, 0.2) is 60.7 Å². The van der Waals surface area contributed by atoms with Crippen LogP contribution < -0.4 is 9.47 Å². The molecule has 1 N–H and O–H groups in total. The number of hydrogen-bond acceptors (Lipinski definition) is 4. The highest BCUT2D eigenvalue weighted by molar-refractivity contribution is 6.30. The van der Waals surface area contributed by atoms with Crippen molar-refractivity contribution in [3.8, 4) is 22.9 Å². The average Bonchev–Trinajstić information content (AvgIpc) is 3.15. The topological polar surface area (TPSA) is 64.2 Å². The van der Waals surface area contributed by atoms with E-state index in [1.807, 2.05) is 42.5 Å². The van der Waals surface area contributed by atoms with Crippen molar-refractivity contribution in [3.05, 3.63) is 76.8 Å². The predicted molar refractivity (Wildman–Crippen MR) is 114 cm³/mol. The van der Waals surface area contributed by atoms with Gasteiger partial charge in [0.05, 0.1) is 25.3 Å². The normalized spacial score (nSPS) is 10.9. The van der Waals surface area contributed by atoms with Crippen LogP contribution in [0.5, 0.6) is 11.5 Å². The van der Waals surface area contributed by atoms with Gasteiger partial charge in [-0.05, 0) is 48.0 Å². The molecular formula is C23H19ClN2O3. The van der Waals surface area contributed by atoms with Gasteiger partial charge in [-0.1, -0.05) is 29.8 Å². The minimum atomic E-state index is 0.0141. The third-order valence-corrected chi connectivity index (χ3v) is 4.96. The Hall–Kier alpha value is -3.31. The highest BCUT2D eigenvalue weighted by atomic mass is 35.5. The maximum atomic E-state index is 12.7. The van der Waals surface area contributed by atoms with Gasteiger partial charge >= 0.3 is 0 Å². The van der Waals surface area contributed by atoms with Gasteiger partial charge < -0.3 is 14.5 Å². The largest absolute Gasteiger partial charge is 0.496 e. The summed E-state index contributed by atoms with van der Waals surface area (Å²) in [6, 6.07) is 18.3. The highest BCUT2D eigenvalue weighted by Gasteiger charge is 2.17. The van der Waals surface area contributed by atoms with Gasteiger partial charge in [-0.3, -0.25) is 4.79 Å².